The number of aliphatic carboxylic acids is 1. The molecule has 0 bridgehead atoms. The van der Waals surface area contributed by atoms with Crippen molar-refractivity contribution in [3.63, 3.8) is 0 Å². The molecule has 1 aromatic carbocycles. The van der Waals surface area contributed by atoms with Crippen molar-refractivity contribution in [2.24, 2.45) is 17.8 Å². The summed E-state index contributed by atoms with van der Waals surface area (Å²) in [5.41, 5.74) is 1.90. The van der Waals surface area contributed by atoms with E-state index in [9.17, 15) is 14.7 Å². The zero-order valence-electron chi connectivity index (χ0n) is 26.9. The Bertz CT molecular complexity index is 1580. The smallest absolute Gasteiger partial charge is 0.410 e. The van der Waals surface area contributed by atoms with E-state index in [0.717, 1.165) is 43.5 Å². The standard InChI is InChI=1S/C34H40Cl2N6O5/c1-34(2,3)47-33(45)42-8-4-7-41(11-12-42)32-37-18-25(19-38-32)46-29-14-21(13-28(39-29)22-15-23(35)17-24(36)16-22)20-40-9-5-26-27(6-10-40)30(26)31(43)44/h13-19,26-27,30H,4-12,20H2,1-3H3,(H,43,44). The predicted molar refractivity (Wildman–Crippen MR) is 179 cm³/mol. The number of ether oxygens (including phenoxy) is 2. The molecule has 47 heavy (non-hydrogen) atoms. The van der Waals surface area contributed by atoms with E-state index in [1.54, 1.807) is 23.4 Å². The van der Waals surface area contributed by atoms with Gasteiger partial charge >= 0.3 is 12.1 Å². The van der Waals surface area contributed by atoms with Crippen LogP contribution in [0.15, 0.2) is 42.7 Å². The van der Waals surface area contributed by atoms with Crippen molar-refractivity contribution < 1.29 is 24.2 Å². The molecule has 0 radical (unpaired) electrons. The molecular formula is C34H40Cl2N6O5. The van der Waals surface area contributed by atoms with Crippen molar-refractivity contribution in [3.8, 4) is 22.9 Å². The molecule has 13 heteroatoms. The molecule has 1 N–H and O–H groups in total. The number of hydrogen-bond acceptors (Lipinski definition) is 9. The predicted octanol–water partition coefficient (Wildman–Crippen LogP) is 6.63. The molecule has 3 aromatic rings. The lowest BCUT2D eigenvalue weighted by Gasteiger charge is -2.26. The van der Waals surface area contributed by atoms with Gasteiger partial charge in [-0.25, -0.2) is 19.7 Å². The summed E-state index contributed by atoms with van der Waals surface area (Å²) in [5, 5.41) is 10.5. The Hall–Kier alpha value is -3.67. The zero-order valence-corrected chi connectivity index (χ0v) is 28.4. The second-order valence-electron chi connectivity index (χ2n) is 13.5. The third-order valence-corrected chi connectivity index (χ3v) is 9.30. The minimum Gasteiger partial charge on any atom is -0.481 e. The van der Waals surface area contributed by atoms with Gasteiger partial charge in [-0.2, -0.15) is 0 Å². The van der Waals surface area contributed by atoms with E-state index < -0.39 is 11.6 Å². The first-order valence-electron chi connectivity index (χ1n) is 16.1. The number of halogens is 2. The lowest BCUT2D eigenvalue weighted by molar-refractivity contribution is -0.139. The van der Waals surface area contributed by atoms with Crippen LogP contribution >= 0.6 is 23.2 Å². The number of pyridine rings is 1. The number of carboxylic acids is 1. The quantitative estimate of drug-likeness (QED) is 0.291. The lowest BCUT2D eigenvalue weighted by atomic mass is 10.1. The fraction of sp³-hybridized carbons (Fsp3) is 0.500. The van der Waals surface area contributed by atoms with Gasteiger partial charge in [-0.05, 0) is 94.8 Å². The van der Waals surface area contributed by atoms with Crippen molar-refractivity contribution in [2.45, 2.75) is 52.2 Å². The maximum absolute atomic E-state index is 12.6. The minimum atomic E-state index is -0.664. The Kier molecular flexibility index (Phi) is 9.77. The second kappa shape index (κ2) is 13.8. The fourth-order valence-corrected chi connectivity index (χ4v) is 7.14. The number of anilines is 1. The molecule has 3 aliphatic rings. The van der Waals surface area contributed by atoms with Crippen LogP contribution in [0.4, 0.5) is 10.7 Å². The van der Waals surface area contributed by atoms with Gasteiger partial charge in [0.2, 0.25) is 11.8 Å². The van der Waals surface area contributed by atoms with Crippen molar-refractivity contribution in [1.82, 2.24) is 24.8 Å². The summed E-state index contributed by atoms with van der Waals surface area (Å²) >= 11 is 12.7. The highest BCUT2D eigenvalue weighted by Crippen LogP contribution is 2.52. The number of likely N-dealkylation sites (tertiary alicyclic amines) is 1. The topological polar surface area (TPSA) is 121 Å². The molecule has 2 saturated heterocycles. The van der Waals surface area contributed by atoms with Gasteiger partial charge in [0, 0.05) is 54.4 Å². The highest BCUT2D eigenvalue weighted by Gasteiger charge is 2.54. The highest BCUT2D eigenvalue weighted by atomic mass is 35.5. The summed E-state index contributed by atoms with van der Waals surface area (Å²) in [6.45, 7) is 10.4. The third-order valence-electron chi connectivity index (χ3n) is 8.87. The van der Waals surface area contributed by atoms with E-state index >= 15 is 0 Å². The number of nitrogens with zero attached hydrogens (tertiary/aromatic N) is 6. The van der Waals surface area contributed by atoms with Gasteiger partial charge in [-0.3, -0.25) is 9.69 Å². The molecule has 4 heterocycles. The largest absolute Gasteiger partial charge is 0.481 e. The van der Waals surface area contributed by atoms with E-state index in [4.69, 9.17) is 37.7 Å². The average Bonchev–Trinajstić information content (AvgIpc) is 3.77. The van der Waals surface area contributed by atoms with Crippen LogP contribution in [0.1, 0.15) is 45.6 Å². The summed E-state index contributed by atoms with van der Waals surface area (Å²) < 4.78 is 11.8. The summed E-state index contributed by atoms with van der Waals surface area (Å²) in [6.07, 6.45) is 5.48. The normalized spacial score (nSPS) is 21.8. The number of carbonyl (C=O) groups is 2. The van der Waals surface area contributed by atoms with Gasteiger partial charge in [0.1, 0.15) is 5.60 Å². The van der Waals surface area contributed by atoms with Crippen molar-refractivity contribution in [2.75, 3.05) is 44.2 Å². The maximum Gasteiger partial charge on any atom is 0.410 e. The number of benzene rings is 1. The van der Waals surface area contributed by atoms with Crippen LogP contribution in [0.5, 0.6) is 11.6 Å². The number of amides is 1. The molecule has 2 aromatic heterocycles. The Morgan fingerprint density at radius 1 is 0.915 bits per heavy atom. The minimum absolute atomic E-state index is 0.183. The van der Waals surface area contributed by atoms with E-state index in [1.165, 1.54) is 0 Å². The van der Waals surface area contributed by atoms with Crippen molar-refractivity contribution in [3.05, 3.63) is 58.3 Å². The monoisotopic (exact) mass is 682 g/mol. The average molecular weight is 684 g/mol. The van der Waals surface area contributed by atoms with E-state index in [2.05, 4.69) is 19.8 Å². The van der Waals surface area contributed by atoms with Gasteiger partial charge in [-0.1, -0.05) is 23.2 Å². The first kappa shape index (κ1) is 33.2. The molecule has 1 amide bonds. The van der Waals surface area contributed by atoms with Gasteiger partial charge in [0.15, 0.2) is 5.75 Å². The first-order valence-corrected chi connectivity index (χ1v) is 16.8. The molecule has 0 spiro atoms. The van der Waals surface area contributed by atoms with E-state index in [-0.39, 0.29) is 23.8 Å². The molecule has 3 fully saturated rings. The summed E-state index contributed by atoms with van der Waals surface area (Å²) in [5.74, 6) is 1.09. The Balaban J connectivity index is 1.16. The van der Waals surface area contributed by atoms with Crippen LogP contribution in [0.3, 0.4) is 0 Å². The van der Waals surface area contributed by atoms with E-state index in [1.807, 2.05) is 45.0 Å². The van der Waals surface area contributed by atoms with Crippen LogP contribution in [-0.4, -0.2) is 86.8 Å². The molecule has 2 aliphatic heterocycles. The van der Waals surface area contributed by atoms with Crippen LogP contribution in [0, 0.1) is 17.8 Å². The van der Waals surface area contributed by atoms with Crippen LogP contribution in [0.25, 0.3) is 11.3 Å². The number of carbonyl (C=O) groups excluding carboxylic acids is 1. The van der Waals surface area contributed by atoms with E-state index in [0.29, 0.717) is 66.0 Å². The van der Waals surface area contributed by atoms with Crippen LogP contribution < -0.4 is 9.64 Å². The van der Waals surface area contributed by atoms with Gasteiger partial charge < -0.3 is 24.4 Å². The maximum atomic E-state index is 12.6. The Morgan fingerprint density at radius 2 is 1.60 bits per heavy atom. The third kappa shape index (κ3) is 8.44. The Morgan fingerprint density at radius 3 is 2.23 bits per heavy atom. The summed E-state index contributed by atoms with van der Waals surface area (Å²) in [4.78, 5) is 44.2. The lowest BCUT2D eigenvalue weighted by Crippen LogP contribution is -2.39. The zero-order chi connectivity index (χ0) is 33.3. The summed E-state index contributed by atoms with van der Waals surface area (Å²) in [7, 11) is 0. The second-order valence-corrected chi connectivity index (χ2v) is 14.4. The molecular weight excluding hydrogens is 643 g/mol. The molecule has 2 unspecified atom stereocenters. The number of fused-ring (bicyclic) bond motifs is 1. The number of hydrogen-bond donors (Lipinski definition) is 1. The SMILES string of the molecule is CC(C)(C)OC(=O)N1CCCN(c2ncc(Oc3cc(CN4CCC5C(CC4)C5C(=O)O)cc(-c4cc(Cl)cc(Cl)c4)n3)cn2)CC1. The highest BCUT2D eigenvalue weighted by molar-refractivity contribution is 6.35. The van der Waals surface area contributed by atoms with Gasteiger partial charge in [-0.15, -0.1) is 0 Å². The van der Waals surface area contributed by atoms with Gasteiger partial charge in [0.25, 0.3) is 0 Å². The Labute approximate surface area is 284 Å². The number of rotatable bonds is 7. The van der Waals surface area contributed by atoms with Crippen molar-refractivity contribution >= 4 is 41.2 Å². The first-order chi connectivity index (χ1) is 22.4. The molecule has 2 atom stereocenters. The molecule has 11 nitrogen and oxygen atoms in total. The molecule has 6 rings (SSSR count). The fourth-order valence-electron chi connectivity index (χ4n) is 6.61. The van der Waals surface area contributed by atoms with Crippen LogP contribution in [-0.2, 0) is 16.1 Å². The number of carboxylic acid groups (broad SMARTS) is 1. The number of aromatic nitrogens is 3. The molecule has 1 aliphatic carbocycles. The van der Waals surface area contributed by atoms with Crippen LogP contribution in [0.2, 0.25) is 10.0 Å². The molecule has 250 valence electrons. The molecule has 1 saturated carbocycles. The van der Waals surface area contributed by atoms with Crippen molar-refractivity contribution in [1.29, 1.82) is 0 Å². The van der Waals surface area contributed by atoms with Gasteiger partial charge in [0.05, 0.1) is 24.0 Å². The summed E-state index contributed by atoms with van der Waals surface area (Å²) in [6, 6.07) is 9.24.